The molecule has 0 radical (unpaired) electrons. The third kappa shape index (κ3) is 7.68. The molecular formula is C27H44O6. The Morgan fingerprint density at radius 1 is 1.18 bits per heavy atom. The fraction of sp³-hybridized carbons (Fsp3) is 0.778. The summed E-state index contributed by atoms with van der Waals surface area (Å²) in [4.78, 5) is 24.5. The SMILES string of the molecule is CCOC(=O)C[C@H](O)C[C@H](O)CC[C@@H]1[C@@H]2C(=C[C@H](C)C[C@H]2OC(=O)C(C)(C)CC)C=C[C@@H]1C. The topological polar surface area (TPSA) is 93.1 Å². The van der Waals surface area contributed by atoms with Gasteiger partial charge in [0.1, 0.15) is 6.10 Å². The van der Waals surface area contributed by atoms with Crippen molar-refractivity contribution in [3.8, 4) is 0 Å². The van der Waals surface area contributed by atoms with Gasteiger partial charge in [0.2, 0.25) is 0 Å². The molecule has 0 aromatic rings. The molecule has 0 aliphatic heterocycles. The zero-order chi connectivity index (χ0) is 24.8. The van der Waals surface area contributed by atoms with Crippen LogP contribution in [0.4, 0.5) is 0 Å². The Morgan fingerprint density at radius 2 is 1.88 bits per heavy atom. The van der Waals surface area contributed by atoms with Crippen LogP contribution in [0.3, 0.4) is 0 Å². The number of carbonyl (C=O) groups is 2. The van der Waals surface area contributed by atoms with Gasteiger partial charge in [0, 0.05) is 5.92 Å². The van der Waals surface area contributed by atoms with Gasteiger partial charge in [-0.3, -0.25) is 9.59 Å². The van der Waals surface area contributed by atoms with Gasteiger partial charge >= 0.3 is 11.9 Å². The number of hydrogen-bond acceptors (Lipinski definition) is 6. The molecule has 0 aromatic carbocycles. The number of carbonyl (C=O) groups excluding carboxylic acids is 2. The molecule has 0 saturated heterocycles. The Balaban J connectivity index is 2.07. The van der Waals surface area contributed by atoms with Crippen molar-refractivity contribution in [2.24, 2.45) is 29.1 Å². The van der Waals surface area contributed by atoms with E-state index in [2.05, 4.69) is 32.1 Å². The molecule has 0 bridgehead atoms. The molecule has 0 fully saturated rings. The number of fused-ring (bicyclic) bond motifs is 1. The van der Waals surface area contributed by atoms with Crippen molar-refractivity contribution in [2.45, 2.75) is 98.4 Å². The van der Waals surface area contributed by atoms with E-state index in [0.717, 1.165) is 19.3 Å². The minimum absolute atomic E-state index is 0.105. The third-order valence-electron chi connectivity index (χ3n) is 7.38. The predicted octanol–water partition coefficient (Wildman–Crippen LogP) is 4.58. The van der Waals surface area contributed by atoms with Crippen molar-refractivity contribution in [3.63, 3.8) is 0 Å². The van der Waals surface area contributed by atoms with Crippen LogP contribution in [-0.2, 0) is 19.1 Å². The van der Waals surface area contributed by atoms with Gasteiger partial charge in [0.25, 0.3) is 0 Å². The van der Waals surface area contributed by atoms with E-state index < -0.39 is 23.6 Å². The van der Waals surface area contributed by atoms with E-state index in [4.69, 9.17) is 9.47 Å². The average Bonchev–Trinajstić information content (AvgIpc) is 2.72. The number of hydrogen-bond donors (Lipinski definition) is 2. The maximum atomic E-state index is 12.9. The molecule has 6 nitrogen and oxygen atoms in total. The standard InChI is InChI=1S/C27H44O6/c1-7-27(5,6)26(31)33-23-14-17(3)13-19-10-9-18(4)22(25(19)23)12-11-20(28)15-21(29)16-24(30)32-8-2/h9-10,13,17-18,20-23,25,28-29H,7-8,11-12,14-16H2,1-6H3/t17-,18-,20+,21+,22-,23+,25-/m0/s1. The first-order chi connectivity index (χ1) is 15.5. The summed E-state index contributed by atoms with van der Waals surface area (Å²) in [6.07, 6.45) is 7.70. The summed E-state index contributed by atoms with van der Waals surface area (Å²) in [5.41, 5.74) is 0.710. The van der Waals surface area contributed by atoms with Crippen LogP contribution in [0.2, 0.25) is 0 Å². The summed E-state index contributed by atoms with van der Waals surface area (Å²) in [7, 11) is 0. The molecular weight excluding hydrogens is 420 g/mol. The van der Waals surface area contributed by atoms with Gasteiger partial charge in [0.05, 0.1) is 30.7 Å². The van der Waals surface area contributed by atoms with E-state index in [9.17, 15) is 19.8 Å². The Hall–Kier alpha value is -1.66. The van der Waals surface area contributed by atoms with Crippen molar-refractivity contribution in [2.75, 3.05) is 6.61 Å². The molecule has 0 aromatic heterocycles. The number of rotatable bonds is 11. The van der Waals surface area contributed by atoms with Gasteiger partial charge in [-0.2, -0.15) is 0 Å². The van der Waals surface area contributed by atoms with Crippen LogP contribution in [0, 0.1) is 29.1 Å². The first-order valence-electron chi connectivity index (χ1n) is 12.6. The normalized spacial score (nSPS) is 29.0. The summed E-state index contributed by atoms with van der Waals surface area (Å²) < 4.78 is 11.0. The summed E-state index contributed by atoms with van der Waals surface area (Å²) in [5, 5.41) is 20.7. The summed E-state index contributed by atoms with van der Waals surface area (Å²) in [6, 6.07) is 0. The molecule has 2 aliphatic rings. The number of allylic oxidation sites excluding steroid dienone is 3. The second-order valence-corrected chi connectivity index (χ2v) is 10.6. The van der Waals surface area contributed by atoms with Gasteiger partial charge in [-0.1, -0.05) is 39.0 Å². The predicted molar refractivity (Wildman–Crippen MR) is 128 cm³/mol. The Bertz CT molecular complexity index is 724. The number of esters is 2. The molecule has 33 heavy (non-hydrogen) atoms. The van der Waals surface area contributed by atoms with E-state index in [-0.39, 0.29) is 49.3 Å². The van der Waals surface area contributed by atoms with Crippen LogP contribution in [0.1, 0.15) is 80.1 Å². The molecule has 2 N–H and O–H groups in total. The molecule has 2 aliphatic carbocycles. The fourth-order valence-electron chi connectivity index (χ4n) is 4.98. The quantitative estimate of drug-likeness (QED) is 0.435. The van der Waals surface area contributed by atoms with E-state index >= 15 is 0 Å². The van der Waals surface area contributed by atoms with Gasteiger partial charge in [-0.05, 0) is 76.2 Å². The van der Waals surface area contributed by atoms with Crippen LogP contribution in [0.25, 0.3) is 0 Å². The van der Waals surface area contributed by atoms with Crippen molar-refractivity contribution in [1.82, 2.24) is 0 Å². The summed E-state index contributed by atoms with van der Waals surface area (Å²) >= 11 is 0. The second kappa shape index (κ2) is 12.2. The maximum absolute atomic E-state index is 12.9. The first-order valence-corrected chi connectivity index (χ1v) is 12.6. The average molecular weight is 465 g/mol. The molecule has 7 atom stereocenters. The lowest BCUT2D eigenvalue weighted by atomic mass is 9.65. The van der Waals surface area contributed by atoms with Gasteiger partial charge in [-0.25, -0.2) is 0 Å². The fourth-order valence-corrected chi connectivity index (χ4v) is 4.98. The largest absolute Gasteiger partial charge is 0.466 e. The van der Waals surface area contributed by atoms with Crippen LogP contribution in [0.5, 0.6) is 0 Å². The van der Waals surface area contributed by atoms with E-state index in [1.165, 1.54) is 5.57 Å². The lowest BCUT2D eigenvalue weighted by molar-refractivity contribution is -0.164. The molecule has 0 amide bonds. The number of ether oxygens (including phenoxy) is 2. The highest BCUT2D eigenvalue weighted by molar-refractivity contribution is 5.76. The monoisotopic (exact) mass is 464 g/mol. The maximum Gasteiger partial charge on any atom is 0.311 e. The van der Waals surface area contributed by atoms with Gasteiger partial charge < -0.3 is 19.7 Å². The van der Waals surface area contributed by atoms with Crippen molar-refractivity contribution in [1.29, 1.82) is 0 Å². The Kier molecular flexibility index (Phi) is 10.2. The van der Waals surface area contributed by atoms with Crippen LogP contribution in [-0.4, -0.2) is 47.1 Å². The van der Waals surface area contributed by atoms with Crippen LogP contribution in [0.15, 0.2) is 23.8 Å². The highest BCUT2D eigenvalue weighted by atomic mass is 16.5. The number of aliphatic hydroxyl groups is 2. The van der Waals surface area contributed by atoms with E-state index in [0.29, 0.717) is 12.3 Å². The van der Waals surface area contributed by atoms with E-state index in [1.807, 2.05) is 20.8 Å². The second-order valence-electron chi connectivity index (χ2n) is 10.6. The molecule has 6 heteroatoms. The molecule has 0 saturated carbocycles. The van der Waals surface area contributed by atoms with Crippen molar-refractivity contribution in [3.05, 3.63) is 23.8 Å². The molecule has 188 valence electrons. The third-order valence-corrected chi connectivity index (χ3v) is 7.38. The first kappa shape index (κ1) is 27.6. The Labute approximate surface area is 199 Å². The molecule has 0 spiro atoms. The summed E-state index contributed by atoms with van der Waals surface area (Å²) in [6.45, 7) is 12.2. The minimum atomic E-state index is -0.918. The van der Waals surface area contributed by atoms with Crippen molar-refractivity contribution >= 4 is 11.9 Å². The zero-order valence-electron chi connectivity index (χ0n) is 21.3. The minimum Gasteiger partial charge on any atom is -0.466 e. The Morgan fingerprint density at radius 3 is 2.52 bits per heavy atom. The lowest BCUT2D eigenvalue weighted by Gasteiger charge is -2.44. The van der Waals surface area contributed by atoms with Gasteiger partial charge in [-0.15, -0.1) is 0 Å². The van der Waals surface area contributed by atoms with Crippen LogP contribution < -0.4 is 0 Å². The highest BCUT2D eigenvalue weighted by Gasteiger charge is 2.42. The van der Waals surface area contributed by atoms with E-state index in [1.54, 1.807) is 6.92 Å². The molecule has 0 heterocycles. The van der Waals surface area contributed by atoms with Gasteiger partial charge in [0.15, 0.2) is 0 Å². The lowest BCUT2D eigenvalue weighted by Crippen LogP contribution is -2.43. The highest BCUT2D eigenvalue weighted by Crippen LogP contribution is 2.45. The smallest absolute Gasteiger partial charge is 0.311 e. The summed E-state index contributed by atoms with van der Waals surface area (Å²) in [5.74, 6) is 0.363. The number of aliphatic hydroxyl groups excluding tert-OH is 2. The van der Waals surface area contributed by atoms with Crippen molar-refractivity contribution < 1.29 is 29.3 Å². The van der Waals surface area contributed by atoms with Crippen LogP contribution >= 0.6 is 0 Å². The zero-order valence-corrected chi connectivity index (χ0v) is 21.3. The molecule has 2 rings (SSSR count). The molecule has 0 unspecified atom stereocenters.